The number of nitrogens with one attached hydrogen (secondary N) is 1. The number of carbonyl (C=O) groups excluding carboxylic acids is 2. The van der Waals surface area contributed by atoms with Gasteiger partial charge < -0.3 is 10.1 Å². The quantitative estimate of drug-likeness (QED) is 0.426. The summed E-state index contributed by atoms with van der Waals surface area (Å²) in [6, 6.07) is 7.27. The average molecular weight is 438 g/mol. The van der Waals surface area contributed by atoms with Gasteiger partial charge in [-0.3, -0.25) is 14.2 Å². The summed E-state index contributed by atoms with van der Waals surface area (Å²) in [5.74, 6) is -0.448. The van der Waals surface area contributed by atoms with Crippen molar-refractivity contribution in [3.8, 4) is 5.69 Å². The first-order valence-corrected chi connectivity index (χ1v) is 10.5. The zero-order valence-electron chi connectivity index (χ0n) is 14.8. The number of benzene rings is 1. The second kappa shape index (κ2) is 9.67. The van der Waals surface area contributed by atoms with E-state index in [1.807, 2.05) is 12.1 Å². The molecular formula is C17H16ClN5O3S2. The highest BCUT2D eigenvalue weighted by molar-refractivity contribution is 7.99. The number of hydrogen-bond donors (Lipinski definition) is 1. The van der Waals surface area contributed by atoms with Crippen molar-refractivity contribution in [2.75, 3.05) is 17.7 Å². The first kappa shape index (κ1) is 20.3. The fourth-order valence-corrected chi connectivity index (χ4v) is 3.86. The van der Waals surface area contributed by atoms with E-state index < -0.39 is 0 Å². The summed E-state index contributed by atoms with van der Waals surface area (Å²) in [6.45, 7) is 2.07. The molecule has 2 heterocycles. The van der Waals surface area contributed by atoms with Crippen LogP contribution in [0.1, 0.15) is 12.6 Å². The van der Waals surface area contributed by atoms with Gasteiger partial charge in [0.1, 0.15) is 6.33 Å². The van der Waals surface area contributed by atoms with Gasteiger partial charge in [-0.05, 0) is 25.1 Å². The van der Waals surface area contributed by atoms with Gasteiger partial charge in [0, 0.05) is 10.4 Å². The summed E-state index contributed by atoms with van der Waals surface area (Å²) in [5.41, 5.74) is 1.37. The standard InChI is InChI=1S/C17H16ClN5O3S2/c1-2-26-15(25)7-12-8-27-16(20-12)21-14(24)9-28-17-22-19-10-23(17)13-5-3-4-11(18)6-13/h3-6,8,10H,2,7,9H2,1H3,(H,20,21,24). The highest BCUT2D eigenvalue weighted by atomic mass is 35.5. The van der Waals surface area contributed by atoms with Crippen molar-refractivity contribution in [2.24, 2.45) is 0 Å². The van der Waals surface area contributed by atoms with E-state index in [-0.39, 0.29) is 24.1 Å². The van der Waals surface area contributed by atoms with Crippen LogP contribution >= 0.6 is 34.7 Å². The van der Waals surface area contributed by atoms with Crippen LogP contribution in [-0.2, 0) is 20.7 Å². The molecule has 1 amide bonds. The Morgan fingerprint density at radius 2 is 2.25 bits per heavy atom. The van der Waals surface area contributed by atoms with E-state index in [0.717, 1.165) is 5.69 Å². The molecule has 2 aromatic heterocycles. The predicted octanol–water partition coefficient (Wildman–Crippen LogP) is 3.21. The number of nitrogens with zero attached hydrogens (tertiary/aromatic N) is 4. The van der Waals surface area contributed by atoms with Crippen LogP contribution < -0.4 is 5.32 Å². The molecule has 3 rings (SSSR count). The molecule has 3 aromatic rings. The molecule has 0 spiro atoms. The van der Waals surface area contributed by atoms with Gasteiger partial charge in [0.25, 0.3) is 0 Å². The molecule has 0 aliphatic rings. The Morgan fingerprint density at radius 1 is 1.39 bits per heavy atom. The van der Waals surface area contributed by atoms with Crippen LogP contribution in [0.2, 0.25) is 5.02 Å². The molecule has 8 nitrogen and oxygen atoms in total. The fourth-order valence-electron chi connectivity index (χ4n) is 2.22. The first-order valence-electron chi connectivity index (χ1n) is 8.23. The maximum Gasteiger partial charge on any atom is 0.311 e. The largest absolute Gasteiger partial charge is 0.466 e. The van der Waals surface area contributed by atoms with Crippen molar-refractivity contribution >= 4 is 51.7 Å². The Bertz CT molecular complexity index is 975. The number of carbonyl (C=O) groups is 2. The Balaban J connectivity index is 1.55. The Kier molecular flexibility index (Phi) is 7.01. The average Bonchev–Trinajstić information content (AvgIpc) is 3.29. The maximum atomic E-state index is 12.2. The summed E-state index contributed by atoms with van der Waals surface area (Å²) in [4.78, 5) is 27.9. The lowest BCUT2D eigenvalue weighted by molar-refractivity contribution is -0.142. The van der Waals surface area contributed by atoms with Crippen LogP contribution in [0.4, 0.5) is 5.13 Å². The number of anilines is 1. The van der Waals surface area contributed by atoms with Crippen LogP contribution in [0.3, 0.4) is 0 Å². The van der Waals surface area contributed by atoms with E-state index in [2.05, 4.69) is 20.5 Å². The van der Waals surface area contributed by atoms with E-state index in [9.17, 15) is 9.59 Å². The van der Waals surface area contributed by atoms with Crippen molar-refractivity contribution in [1.82, 2.24) is 19.7 Å². The zero-order valence-corrected chi connectivity index (χ0v) is 17.2. The number of esters is 1. The van der Waals surface area contributed by atoms with Crippen LogP contribution in [0.5, 0.6) is 0 Å². The van der Waals surface area contributed by atoms with Gasteiger partial charge in [-0.25, -0.2) is 4.98 Å². The topological polar surface area (TPSA) is 99.0 Å². The van der Waals surface area contributed by atoms with E-state index in [1.54, 1.807) is 35.3 Å². The normalized spacial score (nSPS) is 10.6. The number of amides is 1. The molecule has 0 saturated heterocycles. The number of thiazole rings is 1. The third kappa shape index (κ3) is 5.54. The SMILES string of the molecule is CCOC(=O)Cc1csc(NC(=O)CSc2nncn2-c2cccc(Cl)c2)n1. The molecule has 0 aliphatic heterocycles. The Morgan fingerprint density at radius 3 is 3.04 bits per heavy atom. The molecule has 0 radical (unpaired) electrons. The van der Waals surface area contributed by atoms with E-state index >= 15 is 0 Å². The van der Waals surface area contributed by atoms with Gasteiger partial charge in [0.2, 0.25) is 5.91 Å². The Labute approximate surface area is 174 Å². The number of ether oxygens (including phenoxy) is 1. The highest BCUT2D eigenvalue weighted by Crippen LogP contribution is 2.22. The molecule has 28 heavy (non-hydrogen) atoms. The molecule has 1 N–H and O–H groups in total. The van der Waals surface area contributed by atoms with Crippen molar-refractivity contribution in [3.05, 3.63) is 46.7 Å². The highest BCUT2D eigenvalue weighted by Gasteiger charge is 2.13. The van der Waals surface area contributed by atoms with Gasteiger partial charge in [-0.2, -0.15) is 0 Å². The van der Waals surface area contributed by atoms with Gasteiger partial charge in [-0.1, -0.05) is 29.4 Å². The van der Waals surface area contributed by atoms with Crippen molar-refractivity contribution in [3.63, 3.8) is 0 Å². The van der Waals surface area contributed by atoms with Crippen LogP contribution in [0.15, 0.2) is 41.1 Å². The molecule has 11 heteroatoms. The summed E-state index contributed by atoms with van der Waals surface area (Å²) >= 11 is 8.52. The third-order valence-electron chi connectivity index (χ3n) is 3.36. The third-order valence-corrected chi connectivity index (χ3v) is 5.35. The number of halogens is 1. The summed E-state index contributed by atoms with van der Waals surface area (Å²) in [7, 11) is 0. The molecule has 0 bridgehead atoms. The van der Waals surface area contributed by atoms with Crippen LogP contribution in [0.25, 0.3) is 5.69 Å². The molecule has 1 aromatic carbocycles. The molecule has 0 fully saturated rings. The second-order valence-corrected chi connectivity index (χ2v) is 7.66. The number of rotatable bonds is 8. The second-order valence-electron chi connectivity index (χ2n) is 5.43. The van der Waals surface area contributed by atoms with Crippen molar-refractivity contribution in [1.29, 1.82) is 0 Å². The molecule has 0 saturated carbocycles. The lowest BCUT2D eigenvalue weighted by Gasteiger charge is -2.06. The van der Waals surface area contributed by atoms with Gasteiger partial charge >= 0.3 is 5.97 Å². The number of thioether (sulfide) groups is 1. The lowest BCUT2D eigenvalue weighted by atomic mass is 10.3. The number of aromatic nitrogens is 4. The van der Waals surface area contributed by atoms with Crippen molar-refractivity contribution < 1.29 is 14.3 Å². The molecular weight excluding hydrogens is 422 g/mol. The van der Waals surface area contributed by atoms with E-state index in [1.165, 1.54) is 23.1 Å². The minimum absolute atomic E-state index is 0.0811. The monoisotopic (exact) mass is 437 g/mol. The number of hydrogen-bond acceptors (Lipinski definition) is 8. The molecule has 0 unspecified atom stereocenters. The van der Waals surface area contributed by atoms with Crippen molar-refractivity contribution in [2.45, 2.75) is 18.5 Å². The smallest absolute Gasteiger partial charge is 0.311 e. The van der Waals surface area contributed by atoms with E-state index in [0.29, 0.717) is 27.6 Å². The Hall–Kier alpha value is -2.43. The molecule has 0 aliphatic carbocycles. The lowest BCUT2D eigenvalue weighted by Crippen LogP contribution is -2.14. The predicted molar refractivity (Wildman–Crippen MR) is 108 cm³/mol. The van der Waals surface area contributed by atoms with Gasteiger partial charge in [-0.15, -0.1) is 21.5 Å². The minimum Gasteiger partial charge on any atom is -0.466 e. The minimum atomic E-state index is -0.346. The molecule has 0 atom stereocenters. The zero-order chi connectivity index (χ0) is 19.9. The van der Waals surface area contributed by atoms with Crippen LogP contribution in [-0.4, -0.2) is 44.0 Å². The van der Waals surface area contributed by atoms with Gasteiger partial charge in [0.15, 0.2) is 10.3 Å². The van der Waals surface area contributed by atoms with Gasteiger partial charge in [0.05, 0.1) is 30.2 Å². The maximum absolute atomic E-state index is 12.2. The molecule has 146 valence electrons. The fraction of sp³-hybridized carbons (Fsp3) is 0.235. The first-order chi connectivity index (χ1) is 13.5. The van der Waals surface area contributed by atoms with Crippen LogP contribution in [0, 0.1) is 0 Å². The van der Waals surface area contributed by atoms with E-state index in [4.69, 9.17) is 16.3 Å². The summed E-state index contributed by atoms with van der Waals surface area (Å²) in [5, 5.41) is 14.0. The summed E-state index contributed by atoms with van der Waals surface area (Å²) in [6.07, 6.45) is 1.64. The summed E-state index contributed by atoms with van der Waals surface area (Å²) < 4.78 is 6.64.